The van der Waals surface area contributed by atoms with Gasteiger partial charge < -0.3 is 39.0 Å². The van der Waals surface area contributed by atoms with Crippen LogP contribution in [0.15, 0.2) is 102 Å². The van der Waals surface area contributed by atoms with Crippen LogP contribution in [-0.2, 0) is 31.9 Å². The van der Waals surface area contributed by atoms with Crippen LogP contribution in [0.1, 0.15) is 11.1 Å². The average molecular weight is 715 g/mol. The molecule has 10 nitrogen and oxygen atoms in total. The molecule has 6 rings (SSSR count). The molecular weight excluding hydrogens is 679 g/mol. The zero-order chi connectivity index (χ0) is 34.6. The molecule has 0 bridgehead atoms. The first kappa shape index (κ1) is 35.8. The Labute approximate surface area is 286 Å². The van der Waals surface area contributed by atoms with E-state index in [9.17, 15) is 9.59 Å². The van der Waals surface area contributed by atoms with Gasteiger partial charge in [0.05, 0.1) is 41.3 Å². The minimum Gasteiger partial charge on any atom is -0.497 e. The van der Waals surface area contributed by atoms with Gasteiger partial charge in [0.2, 0.25) is 0 Å². The normalized spacial score (nSPS) is 10.3. The van der Waals surface area contributed by atoms with Crippen molar-refractivity contribution in [1.29, 1.82) is 0 Å². The van der Waals surface area contributed by atoms with Gasteiger partial charge in [0.15, 0.2) is 0 Å². The van der Waals surface area contributed by atoms with Crippen molar-refractivity contribution < 1.29 is 38.6 Å². The summed E-state index contributed by atoms with van der Waals surface area (Å²) in [5, 5.41) is 19.7. The summed E-state index contributed by atoms with van der Waals surface area (Å²) in [7, 11) is 4.48. The van der Waals surface area contributed by atoms with Crippen molar-refractivity contribution in [2.24, 2.45) is 0 Å². The molecule has 2 heterocycles. The van der Waals surface area contributed by atoms with E-state index in [2.05, 4.69) is 36.7 Å². The van der Waals surface area contributed by atoms with Crippen molar-refractivity contribution in [3.8, 4) is 22.6 Å². The van der Waals surface area contributed by atoms with E-state index >= 15 is 0 Å². The van der Waals surface area contributed by atoms with Gasteiger partial charge in [0.25, 0.3) is 0 Å². The monoisotopic (exact) mass is 714 g/mol. The third-order valence-corrected chi connectivity index (χ3v) is 7.95. The first-order chi connectivity index (χ1) is 23.2. The quantitative estimate of drug-likeness (QED) is 0.118. The van der Waals surface area contributed by atoms with E-state index in [1.807, 2.05) is 67.0 Å². The number of nitrogens with one attached hydrogen (secondary N) is 2. The van der Waals surface area contributed by atoms with Crippen LogP contribution in [0.4, 0.5) is 0 Å². The lowest BCUT2D eigenvalue weighted by Crippen LogP contribution is -2.30. The van der Waals surface area contributed by atoms with Gasteiger partial charge in [0, 0.05) is 49.7 Å². The Morgan fingerprint density at radius 3 is 1.75 bits per heavy atom. The van der Waals surface area contributed by atoms with Crippen molar-refractivity contribution in [3.05, 3.63) is 113 Å². The summed E-state index contributed by atoms with van der Waals surface area (Å²) in [6.07, 6.45) is 4.25. The van der Waals surface area contributed by atoms with E-state index in [0.29, 0.717) is 17.6 Å². The minimum atomic E-state index is -1.47. The molecule has 0 fully saturated rings. The van der Waals surface area contributed by atoms with E-state index in [1.165, 1.54) is 21.3 Å². The molecule has 2 aromatic heterocycles. The lowest BCUT2D eigenvalue weighted by atomic mass is 9.80. The first-order valence-electron chi connectivity index (χ1n) is 14.8. The van der Waals surface area contributed by atoms with Crippen LogP contribution in [0.3, 0.4) is 0 Å². The van der Waals surface area contributed by atoms with Crippen LogP contribution in [0.5, 0.6) is 11.5 Å². The number of aromatic nitrogens is 2. The Kier molecular flexibility index (Phi) is 12.8. The number of hydrogen-bond acceptors (Lipinski definition) is 8. The number of benzene rings is 4. The summed E-state index contributed by atoms with van der Waals surface area (Å²) in [5.74, 6) is 0.842. The molecular formula is C36H36BBrN2O8. The van der Waals surface area contributed by atoms with Gasteiger partial charge in [0.1, 0.15) is 11.5 Å². The fraction of sp³-hybridized carbons (Fsp3) is 0.167. The Morgan fingerprint density at radius 1 is 0.688 bits per heavy atom. The molecule has 0 saturated heterocycles. The molecule has 0 aliphatic rings. The third-order valence-electron chi connectivity index (χ3n) is 7.46. The number of fused-ring (bicyclic) bond motifs is 2. The predicted molar refractivity (Wildman–Crippen MR) is 191 cm³/mol. The number of para-hydroxylation sites is 2. The molecule has 4 aromatic carbocycles. The average Bonchev–Trinajstić information content (AvgIpc) is 3.71. The third kappa shape index (κ3) is 9.06. The molecule has 12 heteroatoms. The van der Waals surface area contributed by atoms with Crippen molar-refractivity contribution in [2.75, 3.05) is 28.4 Å². The molecule has 0 spiro atoms. The van der Waals surface area contributed by atoms with Crippen molar-refractivity contribution >= 4 is 62.3 Å². The zero-order valence-corrected chi connectivity index (χ0v) is 28.5. The fourth-order valence-electron chi connectivity index (χ4n) is 5.01. The molecule has 0 atom stereocenters. The largest absolute Gasteiger partial charge is 0.497 e. The highest BCUT2D eigenvalue weighted by Gasteiger charge is 2.15. The van der Waals surface area contributed by atoms with Gasteiger partial charge in [-0.2, -0.15) is 0 Å². The highest BCUT2D eigenvalue weighted by Crippen LogP contribution is 2.32. The van der Waals surface area contributed by atoms with Crippen molar-refractivity contribution in [3.63, 3.8) is 0 Å². The van der Waals surface area contributed by atoms with Crippen molar-refractivity contribution in [2.45, 2.75) is 12.8 Å². The lowest BCUT2D eigenvalue weighted by Gasteiger charge is -2.08. The molecule has 0 aliphatic heterocycles. The number of ether oxygens (including phenoxy) is 4. The number of hydrogen-bond donors (Lipinski definition) is 4. The maximum Gasteiger partial charge on any atom is 0.492 e. The molecule has 0 saturated carbocycles. The van der Waals surface area contributed by atoms with E-state index < -0.39 is 7.12 Å². The topological polar surface area (TPSA) is 143 Å². The molecule has 248 valence electrons. The van der Waals surface area contributed by atoms with Gasteiger partial charge in [-0.1, -0.05) is 58.4 Å². The van der Waals surface area contributed by atoms with Gasteiger partial charge >= 0.3 is 19.1 Å². The van der Waals surface area contributed by atoms with Crippen LogP contribution in [-0.4, -0.2) is 67.5 Å². The van der Waals surface area contributed by atoms with Crippen LogP contribution >= 0.6 is 15.9 Å². The lowest BCUT2D eigenvalue weighted by molar-refractivity contribution is -0.140. The van der Waals surface area contributed by atoms with Crippen LogP contribution < -0.4 is 14.9 Å². The number of carbonyl (C=O) groups excluding carboxylic acids is 2. The van der Waals surface area contributed by atoms with E-state index in [0.717, 1.165) is 54.3 Å². The van der Waals surface area contributed by atoms with E-state index in [1.54, 1.807) is 31.4 Å². The Hall–Kier alpha value is -5.04. The molecule has 0 radical (unpaired) electrons. The number of carbonyl (C=O) groups is 2. The maximum atomic E-state index is 11.5. The highest BCUT2D eigenvalue weighted by atomic mass is 79.9. The van der Waals surface area contributed by atoms with Crippen LogP contribution in [0, 0.1) is 0 Å². The molecule has 0 amide bonds. The number of halogens is 1. The smallest absolute Gasteiger partial charge is 0.492 e. The summed E-state index contributed by atoms with van der Waals surface area (Å²) in [6.45, 7) is 0. The Morgan fingerprint density at radius 2 is 1.21 bits per heavy atom. The molecule has 48 heavy (non-hydrogen) atoms. The van der Waals surface area contributed by atoms with Gasteiger partial charge in [-0.25, -0.2) is 0 Å². The molecule has 4 N–H and O–H groups in total. The summed E-state index contributed by atoms with van der Waals surface area (Å²) in [4.78, 5) is 29.0. The number of methoxy groups -OCH3 is 4. The second kappa shape index (κ2) is 17.2. The fourth-order valence-corrected chi connectivity index (χ4v) is 5.37. The van der Waals surface area contributed by atoms with Gasteiger partial charge in [-0.15, -0.1) is 0 Å². The molecule has 0 unspecified atom stereocenters. The van der Waals surface area contributed by atoms with Crippen LogP contribution in [0.2, 0.25) is 0 Å². The summed E-state index contributed by atoms with van der Waals surface area (Å²) in [6, 6.07) is 26.7. The summed E-state index contributed by atoms with van der Waals surface area (Å²) >= 11 is 3.40. The van der Waals surface area contributed by atoms with Gasteiger partial charge in [-0.3, -0.25) is 9.59 Å². The van der Waals surface area contributed by atoms with Crippen molar-refractivity contribution in [1.82, 2.24) is 9.97 Å². The second-order valence-electron chi connectivity index (χ2n) is 10.4. The zero-order valence-electron chi connectivity index (χ0n) is 27.0. The molecule has 6 aromatic rings. The SMILES string of the molecule is COC(=O)Cc1c[nH]c2ccc(-c3ccccc3OC)cc12.COC(=O)Cc1c[nH]c2ccc(Br)cc12.COc1ccccc1B(O)O. The minimum absolute atomic E-state index is 0.226. The standard InChI is InChI=1S/C18H17NO3.C11H10BrNO2.C7H9BO3/c1-21-17-6-4-3-5-14(17)12-7-8-16-15(9-12)13(11-19-16)10-18(20)22-2;1-15-11(14)4-7-6-13-10-3-2-8(12)5-9(7)10;1-11-7-5-3-2-4-6(7)8(9)10/h3-9,11,19H,10H2,1-2H3;2-3,5-6,13H,4H2,1H3;2-5,9-10H,1H3. The predicted octanol–water partition coefficient (Wildman–Crippen LogP) is 5.58. The van der Waals surface area contributed by atoms with E-state index in [4.69, 9.17) is 24.3 Å². The second-order valence-corrected chi connectivity index (χ2v) is 11.3. The summed E-state index contributed by atoms with van der Waals surface area (Å²) < 4.78 is 20.7. The molecule has 0 aliphatic carbocycles. The number of aromatic amines is 2. The number of H-pyrrole nitrogens is 2. The first-order valence-corrected chi connectivity index (χ1v) is 15.6. The van der Waals surface area contributed by atoms with Crippen LogP contribution in [0.25, 0.3) is 32.9 Å². The number of esters is 2. The maximum absolute atomic E-state index is 11.5. The number of rotatable bonds is 8. The van der Waals surface area contributed by atoms with Gasteiger partial charge in [-0.05, 0) is 59.2 Å². The Bertz CT molecular complexity index is 1990. The van der Waals surface area contributed by atoms with E-state index in [-0.39, 0.29) is 18.4 Å². The highest BCUT2D eigenvalue weighted by molar-refractivity contribution is 9.10. The summed E-state index contributed by atoms with van der Waals surface area (Å²) in [5.41, 5.74) is 6.37. The Balaban J connectivity index is 0.000000174.